The molecule has 1 amide bonds. The standard InChI is InChI=1S/C24H24Cl2F3NO3/c1-13(24(27,28)29)22(15-4-7-18(25)8-5-15)23(33)30-20-11-16(6-9-19(20)26)17(12-21(31)32)10-14-2-3-14/h4-9,11,13-14,17,22H,2-3,10,12H2,1H3,(H,30,33)(H,31,32)/t13-,17?,22+/m1/s1. The van der Waals surface area contributed by atoms with Crippen molar-refractivity contribution < 1.29 is 27.9 Å². The van der Waals surface area contributed by atoms with E-state index in [1.807, 2.05) is 0 Å². The van der Waals surface area contributed by atoms with E-state index in [-0.39, 0.29) is 28.6 Å². The van der Waals surface area contributed by atoms with Crippen molar-refractivity contribution in [3.8, 4) is 0 Å². The summed E-state index contributed by atoms with van der Waals surface area (Å²) < 4.78 is 40.7. The van der Waals surface area contributed by atoms with Crippen LogP contribution in [0.15, 0.2) is 42.5 Å². The Morgan fingerprint density at radius 1 is 1.09 bits per heavy atom. The maximum Gasteiger partial charge on any atom is 0.392 e. The molecule has 2 aromatic carbocycles. The lowest BCUT2D eigenvalue weighted by molar-refractivity contribution is -0.178. The van der Waals surface area contributed by atoms with E-state index in [0.29, 0.717) is 22.9 Å². The zero-order valence-corrected chi connectivity index (χ0v) is 19.3. The van der Waals surface area contributed by atoms with Crippen molar-refractivity contribution in [1.29, 1.82) is 0 Å². The maximum atomic E-state index is 13.6. The summed E-state index contributed by atoms with van der Waals surface area (Å²) in [6, 6.07) is 10.4. The number of hydrogen-bond acceptors (Lipinski definition) is 2. The summed E-state index contributed by atoms with van der Waals surface area (Å²) in [5, 5.41) is 12.3. The van der Waals surface area contributed by atoms with Crippen LogP contribution in [0.5, 0.6) is 0 Å². The van der Waals surface area contributed by atoms with E-state index < -0.39 is 29.9 Å². The Hall–Kier alpha value is -2.25. The van der Waals surface area contributed by atoms with Crippen molar-refractivity contribution >= 4 is 40.8 Å². The lowest BCUT2D eigenvalue weighted by Crippen LogP contribution is -2.34. The third kappa shape index (κ3) is 6.87. The summed E-state index contributed by atoms with van der Waals surface area (Å²) in [7, 11) is 0. The Morgan fingerprint density at radius 3 is 2.24 bits per heavy atom. The molecule has 178 valence electrons. The molecule has 0 heterocycles. The predicted octanol–water partition coefficient (Wildman–Crippen LogP) is 7.27. The number of halogens is 5. The van der Waals surface area contributed by atoms with Crippen LogP contribution in [0.2, 0.25) is 10.0 Å². The van der Waals surface area contributed by atoms with E-state index in [1.54, 1.807) is 12.1 Å². The first-order valence-corrected chi connectivity index (χ1v) is 11.4. The molecular formula is C24H24Cl2F3NO3. The van der Waals surface area contributed by atoms with E-state index in [0.717, 1.165) is 19.8 Å². The third-order valence-corrected chi connectivity index (χ3v) is 6.56. The fourth-order valence-electron chi connectivity index (χ4n) is 3.93. The summed E-state index contributed by atoms with van der Waals surface area (Å²) in [4.78, 5) is 24.4. The van der Waals surface area contributed by atoms with Gasteiger partial charge in [-0.1, -0.05) is 61.2 Å². The summed E-state index contributed by atoms with van der Waals surface area (Å²) in [6.45, 7) is 0.954. The Bertz CT molecular complexity index is 1010. The highest BCUT2D eigenvalue weighted by Crippen LogP contribution is 2.42. The molecule has 0 saturated heterocycles. The highest BCUT2D eigenvalue weighted by Gasteiger charge is 2.45. The average molecular weight is 502 g/mol. The van der Waals surface area contributed by atoms with Gasteiger partial charge in [0.05, 0.1) is 29.0 Å². The van der Waals surface area contributed by atoms with Crippen LogP contribution >= 0.6 is 23.2 Å². The lowest BCUT2D eigenvalue weighted by Gasteiger charge is -2.26. The predicted molar refractivity (Wildman–Crippen MR) is 122 cm³/mol. The number of rotatable bonds is 9. The molecule has 1 saturated carbocycles. The van der Waals surface area contributed by atoms with Gasteiger partial charge >= 0.3 is 12.1 Å². The molecule has 0 aliphatic heterocycles. The highest BCUT2D eigenvalue weighted by molar-refractivity contribution is 6.33. The zero-order chi connectivity index (χ0) is 24.3. The molecule has 0 radical (unpaired) electrons. The van der Waals surface area contributed by atoms with Crippen LogP contribution in [-0.2, 0) is 9.59 Å². The second-order valence-corrected chi connectivity index (χ2v) is 9.41. The Labute approximate surface area is 200 Å². The minimum Gasteiger partial charge on any atom is -0.481 e. The van der Waals surface area contributed by atoms with Gasteiger partial charge in [-0.25, -0.2) is 0 Å². The molecule has 1 unspecified atom stereocenters. The number of anilines is 1. The smallest absolute Gasteiger partial charge is 0.392 e. The highest BCUT2D eigenvalue weighted by atomic mass is 35.5. The van der Waals surface area contributed by atoms with Gasteiger partial charge in [-0.15, -0.1) is 0 Å². The van der Waals surface area contributed by atoms with Gasteiger partial charge in [0.15, 0.2) is 0 Å². The molecule has 4 nitrogen and oxygen atoms in total. The number of benzene rings is 2. The fraction of sp³-hybridized carbons (Fsp3) is 0.417. The first-order chi connectivity index (χ1) is 15.5. The molecular weight excluding hydrogens is 478 g/mol. The number of carbonyl (C=O) groups excluding carboxylic acids is 1. The van der Waals surface area contributed by atoms with Gasteiger partial charge in [0.2, 0.25) is 5.91 Å². The van der Waals surface area contributed by atoms with E-state index in [4.69, 9.17) is 23.2 Å². The summed E-state index contributed by atoms with van der Waals surface area (Å²) in [6.07, 6.45) is -1.90. The largest absolute Gasteiger partial charge is 0.481 e. The normalized spacial score (nSPS) is 16.7. The molecule has 1 aliphatic rings. The van der Waals surface area contributed by atoms with E-state index in [9.17, 15) is 27.9 Å². The van der Waals surface area contributed by atoms with Crippen molar-refractivity contribution in [2.75, 3.05) is 5.32 Å². The van der Waals surface area contributed by atoms with Crippen molar-refractivity contribution in [3.05, 3.63) is 63.6 Å². The van der Waals surface area contributed by atoms with Crippen LogP contribution in [-0.4, -0.2) is 23.2 Å². The van der Waals surface area contributed by atoms with E-state index in [1.165, 1.54) is 30.3 Å². The van der Waals surface area contributed by atoms with Gasteiger partial charge in [-0.2, -0.15) is 13.2 Å². The van der Waals surface area contributed by atoms with Crippen molar-refractivity contribution in [3.63, 3.8) is 0 Å². The quantitative estimate of drug-likeness (QED) is 0.379. The molecule has 33 heavy (non-hydrogen) atoms. The van der Waals surface area contributed by atoms with Gasteiger partial charge in [0, 0.05) is 5.02 Å². The monoisotopic (exact) mass is 501 g/mol. The number of carboxylic acids is 1. The summed E-state index contributed by atoms with van der Waals surface area (Å²) in [5.74, 6) is -5.10. The minimum absolute atomic E-state index is 0.0793. The van der Waals surface area contributed by atoms with E-state index in [2.05, 4.69) is 5.32 Å². The number of hydrogen-bond donors (Lipinski definition) is 2. The molecule has 3 rings (SSSR count). The molecule has 0 aromatic heterocycles. The van der Waals surface area contributed by atoms with Crippen LogP contribution in [0.25, 0.3) is 0 Å². The van der Waals surface area contributed by atoms with Crippen LogP contribution in [0, 0.1) is 11.8 Å². The summed E-state index contributed by atoms with van der Waals surface area (Å²) >= 11 is 12.1. The number of alkyl halides is 3. The Kier molecular flexibility index (Phi) is 7.96. The molecule has 3 atom stereocenters. The molecule has 2 N–H and O–H groups in total. The lowest BCUT2D eigenvalue weighted by atomic mass is 9.85. The van der Waals surface area contributed by atoms with Crippen LogP contribution in [0.4, 0.5) is 18.9 Å². The van der Waals surface area contributed by atoms with Gasteiger partial charge in [-0.3, -0.25) is 9.59 Å². The van der Waals surface area contributed by atoms with E-state index >= 15 is 0 Å². The van der Waals surface area contributed by atoms with Gasteiger partial charge < -0.3 is 10.4 Å². The average Bonchev–Trinajstić information content (AvgIpc) is 3.54. The van der Waals surface area contributed by atoms with Crippen LogP contribution < -0.4 is 5.32 Å². The molecule has 0 spiro atoms. The first kappa shape index (κ1) is 25.4. The third-order valence-electron chi connectivity index (χ3n) is 5.98. The van der Waals surface area contributed by atoms with Gasteiger partial charge in [0.25, 0.3) is 0 Å². The van der Waals surface area contributed by atoms with Crippen molar-refractivity contribution in [2.45, 2.75) is 50.6 Å². The number of carboxylic acid groups (broad SMARTS) is 1. The number of aliphatic carboxylic acids is 1. The number of amides is 1. The number of carbonyl (C=O) groups is 2. The first-order valence-electron chi connectivity index (χ1n) is 10.6. The molecule has 1 fully saturated rings. The van der Waals surface area contributed by atoms with Crippen LogP contribution in [0.1, 0.15) is 55.6 Å². The molecule has 1 aliphatic carbocycles. The SMILES string of the molecule is C[C@H]([C@H](C(=O)Nc1cc(C(CC(=O)O)CC2CC2)ccc1Cl)c1ccc(Cl)cc1)C(F)(F)F. The maximum absolute atomic E-state index is 13.6. The topological polar surface area (TPSA) is 66.4 Å². The van der Waals surface area contributed by atoms with Crippen molar-refractivity contribution in [1.82, 2.24) is 0 Å². The fourth-order valence-corrected chi connectivity index (χ4v) is 4.22. The van der Waals surface area contributed by atoms with Gasteiger partial charge in [-0.05, 0) is 53.6 Å². The number of nitrogens with one attached hydrogen (secondary N) is 1. The Morgan fingerprint density at radius 2 is 1.70 bits per heavy atom. The molecule has 9 heteroatoms. The van der Waals surface area contributed by atoms with Crippen LogP contribution in [0.3, 0.4) is 0 Å². The second kappa shape index (κ2) is 10.3. The zero-order valence-electron chi connectivity index (χ0n) is 17.8. The molecule has 0 bridgehead atoms. The second-order valence-electron chi connectivity index (χ2n) is 8.56. The Balaban J connectivity index is 1.90. The molecule has 2 aromatic rings. The minimum atomic E-state index is -4.61. The summed E-state index contributed by atoms with van der Waals surface area (Å²) in [5.41, 5.74) is 1.00. The van der Waals surface area contributed by atoms with Crippen molar-refractivity contribution in [2.24, 2.45) is 11.8 Å². The van der Waals surface area contributed by atoms with Gasteiger partial charge in [0.1, 0.15) is 0 Å².